The first kappa shape index (κ1) is 20.1. The average molecular weight is 355 g/mol. The number of rotatable bonds is 7. The molecule has 0 heterocycles. The summed E-state index contributed by atoms with van der Waals surface area (Å²) in [6.07, 6.45) is -0.451. The molecule has 0 bridgehead atoms. The molecule has 1 aromatic carbocycles. The highest BCUT2D eigenvalue weighted by Gasteiger charge is 2.16. The van der Waals surface area contributed by atoms with Crippen molar-refractivity contribution < 1.29 is 19.4 Å². The molecule has 0 atom stereocenters. The Morgan fingerprint density at radius 3 is 2.54 bits per heavy atom. The van der Waals surface area contributed by atoms with Gasteiger partial charge >= 0.3 is 6.09 Å². The summed E-state index contributed by atoms with van der Waals surface area (Å²) in [5.74, 6) is -0.253. The van der Waals surface area contributed by atoms with Crippen molar-refractivity contribution in [2.75, 3.05) is 30.3 Å². The lowest BCUT2D eigenvalue weighted by Crippen LogP contribution is -2.34. The van der Waals surface area contributed by atoms with Crippen LogP contribution in [0.1, 0.15) is 27.2 Å². The third-order valence-corrected chi connectivity index (χ3v) is 3.00. The summed E-state index contributed by atoms with van der Waals surface area (Å²) in [5.41, 5.74) is 0.681. The standard InChI is InChI=1S/C16H25N3O4S/c1-16(2,3)23-15(22)18-7-6-14(21)19-13-10-11(24)4-5-12(13)17-8-9-20/h4-5,10,17,20,24H,6-9H2,1-3H3,(H,18,22)(H,19,21). The Morgan fingerprint density at radius 1 is 1.21 bits per heavy atom. The Labute approximate surface area is 147 Å². The summed E-state index contributed by atoms with van der Waals surface area (Å²) >= 11 is 4.25. The molecule has 24 heavy (non-hydrogen) atoms. The second-order valence-electron chi connectivity index (χ2n) is 6.11. The predicted molar refractivity (Wildman–Crippen MR) is 96.8 cm³/mol. The molecule has 0 aliphatic heterocycles. The molecule has 0 spiro atoms. The van der Waals surface area contributed by atoms with Gasteiger partial charge in [-0.05, 0) is 39.0 Å². The van der Waals surface area contributed by atoms with E-state index in [-0.39, 0.29) is 25.5 Å². The van der Waals surface area contributed by atoms with Crippen LogP contribution in [0, 0.1) is 0 Å². The molecule has 8 heteroatoms. The molecule has 0 aliphatic carbocycles. The lowest BCUT2D eigenvalue weighted by Gasteiger charge is -2.19. The Balaban J connectivity index is 2.50. The normalized spacial score (nSPS) is 10.9. The zero-order valence-corrected chi connectivity index (χ0v) is 15.1. The monoisotopic (exact) mass is 355 g/mol. The molecule has 2 amide bonds. The van der Waals surface area contributed by atoms with Crippen LogP contribution in [0.4, 0.5) is 16.2 Å². The molecule has 1 aromatic rings. The zero-order chi connectivity index (χ0) is 18.2. The highest BCUT2D eigenvalue weighted by Crippen LogP contribution is 2.25. The van der Waals surface area contributed by atoms with Crippen molar-refractivity contribution in [2.45, 2.75) is 37.7 Å². The number of benzene rings is 1. The SMILES string of the molecule is CC(C)(C)OC(=O)NCCC(=O)Nc1cc(S)ccc1NCCO. The second-order valence-corrected chi connectivity index (χ2v) is 6.62. The fraction of sp³-hybridized carbons (Fsp3) is 0.500. The minimum Gasteiger partial charge on any atom is -0.444 e. The van der Waals surface area contributed by atoms with E-state index in [1.807, 2.05) is 0 Å². The van der Waals surface area contributed by atoms with Crippen LogP contribution in [0.2, 0.25) is 0 Å². The molecule has 0 aromatic heterocycles. The van der Waals surface area contributed by atoms with E-state index in [2.05, 4.69) is 28.6 Å². The number of aliphatic hydroxyl groups is 1. The number of thiol groups is 1. The van der Waals surface area contributed by atoms with Gasteiger partial charge in [0, 0.05) is 24.4 Å². The van der Waals surface area contributed by atoms with Crippen LogP contribution >= 0.6 is 12.6 Å². The third-order valence-electron chi connectivity index (χ3n) is 2.72. The molecule has 7 nitrogen and oxygen atoms in total. The number of carbonyl (C=O) groups excluding carboxylic acids is 2. The van der Waals surface area contributed by atoms with Gasteiger partial charge in [0.15, 0.2) is 0 Å². The number of nitrogens with one attached hydrogen (secondary N) is 3. The smallest absolute Gasteiger partial charge is 0.407 e. The van der Waals surface area contributed by atoms with Gasteiger partial charge in [-0.3, -0.25) is 4.79 Å². The first-order chi connectivity index (χ1) is 11.2. The van der Waals surface area contributed by atoms with E-state index in [1.54, 1.807) is 39.0 Å². The Kier molecular flexibility index (Phi) is 7.87. The summed E-state index contributed by atoms with van der Waals surface area (Å²) in [7, 11) is 0. The molecule has 0 unspecified atom stereocenters. The highest BCUT2D eigenvalue weighted by molar-refractivity contribution is 7.80. The topological polar surface area (TPSA) is 99.7 Å². The molecular formula is C16H25N3O4S. The number of aliphatic hydroxyl groups excluding tert-OH is 1. The maximum absolute atomic E-state index is 12.0. The second kappa shape index (κ2) is 9.39. The van der Waals surface area contributed by atoms with Gasteiger partial charge in [0.1, 0.15) is 5.60 Å². The molecule has 134 valence electrons. The first-order valence-corrected chi connectivity index (χ1v) is 8.10. The predicted octanol–water partition coefficient (Wildman–Crippen LogP) is 2.23. The average Bonchev–Trinajstić information content (AvgIpc) is 2.44. The van der Waals surface area contributed by atoms with Gasteiger partial charge in [0.25, 0.3) is 0 Å². The quantitative estimate of drug-likeness (QED) is 0.483. The number of hydrogen-bond donors (Lipinski definition) is 5. The molecular weight excluding hydrogens is 330 g/mol. The third kappa shape index (κ3) is 8.07. The van der Waals surface area contributed by atoms with Crippen LogP contribution in [0.25, 0.3) is 0 Å². The van der Waals surface area contributed by atoms with Crippen molar-refractivity contribution in [3.63, 3.8) is 0 Å². The van der Waals surface area contributed by atoms with Crippen molar-refractivity contribution >= 4 is 36.0 Å². The molecule has 1 rings (SSSR count). The molecule has 0 saturated heterocycles. The minimum absolute atomic E-state index is 0.0180. The minimum atomic E-state index is -0.577. The van der Waals surface area contributed by atoms with Crippen LogP contribution in [0.5, 0.6) is 0 Å². The Morgan fingerprint density at radius 2 is 1.92 bits per heavy atom. The summed E-state index contributed by atoms with van der Waals surface area (Å²) < 4.78 is 5.09. The maximum atomic E-state index is 12.0. The lowest BCUT2D eigenvalue weighted by molar-refractivity contribution is -0.116. The van der Waals surface area contributed by atoms with Gasteiger partial charge in [0.2, 0.25) is 5.91 Å². The van der Waals surface area contributed by atoms with Gasteiger partial charge < -0.3 is 25.8 Å². The van der Waals surface area contributed by atoms with E-state index in [0.29, 0.717) is 22.8 Å². The van der Waals surface area contributed by atoms with Crippen LogP contribution in [0.3, 0.4) is 0 Å². The zero-order valence-electron chi connectivity index (χ0n) is 14.2. The van der Waals surface area contributed by atoms with E-state index in [1.165, 1.54) is 0 Å². The number of amides is 2. The molecule has 0 aliphatic rings. The highest BCUT2D eigenvalue weighted by atomic mass is 32.1. The van der Waals surface area contributed by atoms with Crippen molar-refractivity contribution in [3.05, 3.63) is 18.2 Å². The fourth-order valence-electron chi connectivity index (χ4n) is 1.79. The number of hydrogen-bond acceptors (Lipinski definition) is 6. The Bertz CT molecular complexity index is 573. The summed E-state index contributed by atoms with van der Waals surface area (Å²) in [4.78, 5) is 24.2. The van der Waals surface area contributed by atoms with E-state index >= 15 is 0 Å². The van der Waals surface area contributed by atoms with Crippen molar-refractivity contribution in [1.29, 1.82) is 0 Å². The van der Waals surface area contributed by atoms with E-state index in [4.69, 9.17) is 9.84 Å². The van der Waals surface area contributed by atoms with Gasteiger partial charge in [0.05, 0.1) is 18.0 Å². The van der Waals surface area contributed by atoms with Gasteiger partial charge in [-0.25, -0.2) is 4.79 Å². The molecule has 4 N–H and O–H groups in total. The largest absolute Gasteiger partial charge is 0.444 e. The van der Waals surface area contributed by atoms with Gasteiger partial charge in [-0.1, -0.05) is 0 Å². The van der Waals surface area contributed by atoms with Crippen molar-refractivity contribution in [2.24, 2.45) is 0 Å². The van der Waals surface area contributed by atoms with Gasteiger partial charge in [-0.15, -0.1) is 12.6 Å². The van der Waals surface area contributed by atoms with Crippen LogP contribution < -0.4 is 16.0 Å². The van der Waals surface area contributed by atoms with E-state index < -0.39 is 11.7 Å². The van der Waals surface area contributed by atoms with Crippen molar-refractivity contribution in [1.82, 2.24) is 5.32 Å². The first-order valence-electron chi connectivity index (χ1n) is 7.66. The molecule has 0 radical (unpaired) electrons. The number of carbonyl (C=O) groups is 2. The van der Waals surface area contributed by atoms with E-state index in [9.17, 15) is 9.59 Å². The summed E-state index contributed by atoms with van der Waals surface area (Å²) in [6.45, 7) is 5.82. The van der Waals surface area contributed by atoms with Gasteiger partial charge in [-0.2, -0.15) is 0 Å². The van der Waals surface area contributed by atoms with Crippen molar-refractivity contribution in [3.8, 4) is 0 Å². The van der Waals surface area contributed by atoms with Crippen LogP contribution in [-0.2, 0) is 9.53 Å². The Hall–Kier alpha value is -1.93. The maximum Gasteiger partial charge on any atom is 0.407 e. The summed E-state index contributed by atoms with van der Waals surface area (Å²) in [6, 6.07) is 5.26. The van der Waals surface area contributed by atoms with Crippen LogP contribution in [0.15, 0.2) is 23.1 Å². The van der Waals surface area contributed by atoms with E-state index in [0.717, 1.165) is 0 Å². The molecule has 0 saturated carbocycles. The summed E-state index contributed by atoms with van der Waals surface area (Å²) in [5, 5.41) is 17.2. The fourth-order valence-corrected chi connectivity index (χ4v) is 1.99. The lowest BCUT2D eigenvalue weighted by atomic mass is 10.2. The number of anilines is 2. The number of alkyl carbamates (subject to hydrolysis) is 1. The van der Waals surface area contributed by atoms with Crippen LogP contribution in [-0.4, -0.2) is 42.4 Å². The number of ether oxygens (including phenoxy) is 1. The molecule has 0 fully saturated rings.